The molecule has 0 amide bonds. The summed E-state index contributed by atoms with van der Waals surface area (Å²) in [6, 6.07) is 3.69. The Morgan fingerprint density at radius 1 is 1.37 bits per heavy atom. The van der Waals surface area contributed by atoms with E-state index < -0.39 is 0 Å². The quantitative estimate of drug-likeness (QED) is 0.368. The number of carbonyl (C=O) groups excluding carboxylic acids is 1. The number of ether oxygens (including phenoxy) is 1. The van der Waals surface area contributed by atoms with Crippen molar-refractivity contribution in [2.75, 3.05) is 13.7 Å². The minimum atomic E-state index is -0.335. The van der Waals surface area contributed by atoms with Gasteiger partial charge in [-0.15, -0.1) is 11.3 Å². The number of thiazole rings is 1. The Balaban J connectivity index is 1.67. The van der Waals surface area contributed by atoms with Gasteiger partial charge in [0.15, 0.2) is 5.96 Å². The summed E-state index contributed by atoms with van der Waals surface area (Å²) >= 11 is 1.33. The molecule has 0 radical (unpaired) electrons. The SMILES string of the molecule is CCOC(=O)c1sc(C(C)NC(=NC)NCc2c(O)ccc3c2CCCC3)nc1C. The van der Waals surface area contributed by atoms with E-state index >= 15 is 0 Å². The molecule has 30 heavy (non-hydrogen) atoms. The lowest BCUT2D eigenvalue weighted by Crippen LogP contribution is -2.38. The molecule has 2 aromatic rings. The van der Waals surface area contributed by atoms with Crippen LogP contribution in [0.2, 0.25) is 0 Å². The third-order valence-electron chi connectivity index (χ3n) is 5.28. The number of hydrogen-bond acceptors (Lipinski definition) is 6. The largest absolute Gasteiger partial charge is 0.508 e. The van der Waals surface area contributed by atoms with Crippen molar-refractivity contribution in [2.45, 2.75) is 59.0 Å². The van der Waals surface area contributed by atoms with Gasteiger partial charge in [0.2, 0.25) is 0 Å². The molecule has 162 valence electrons. The Labute approximate surface area is 181 Å². The molecule has 0 saturated heterocycles. The predicted molar refractivity (Wildman–Crippen MR) is 119 cm³/mol. The molecule has 1 aromatic heterocycles. The molecule has 8 heteroatoms. The van der Waals surface area contributed by atoms with Gasteiger partial charge in [-0.3, -0.25) is 4.99 Å². The van der Waals surface area contributed by atoms with E-state index in [1.807, 2.05) is 19.9 Å². The van der Waals surface area contributed by atoms with Gasteiger partial charge < -0.3 is 20.5 Å². The summed E-state index contributed by atoms with van der Waals surface area (Å²) in [6.45, 7) is 6.41. The Morgan fingerprint density at radius 3 is 2.87 bits per heavy atom. The number of rotatable bonds is 6. The molecule has 0 spiro atoms. The number of phenolic OH excluding ortho intramolecular Hbond substituents is 1. The number of aromatic hydroxyl groups is 1. The molecule has 0 saturated carbocycles. The van der Waals surface area contributed by atoms with Crippen molar-refractivity contribution in [3.8, 4) is 5.75 Å². The van der Waals surface area contributed by atoms with Crippen LogP contribution in [-0.2, 0) is 24.1 Å². The van der Waals surface area contributed by atoms with Gasteiger partial charge in [-0.25, -0.2) is 9.78 Å². The predicted octanol–water partition coefficient (Wildman–Crippen LogP) is 3.64. The molecule has 0 aliphatic heterocycles. The van der Waals surface area contributed by atoms with Gasteiger partial charge in [0.25, 0.3) is 0 Å². The average molecular weight is 431 g/mol. The Hall–Kier alpha value is -2.61. The number of nitrogens with one attached hydrogen (secondary N) is 2. The summed E-state index contributed by atoms with van der Waals surface area (Å²) in [7, 11) is 1.71. The minimum absolute atomic E-state index is 0.138. The highest BCUT2D eigenvalue weighted by molar-refractivity contribution is 7.13. The van der Waals surface area contributed by atoms with Crippen LogP contribution in [0.25, 0.3) is 0 Å². The van der Waals surface area contributed by atoms with Gasteiger partial charge in [0, 0.05) is 19.2 Å². The molecule has 3 rings (SSSR count). The van der Waals surface area contributed by atoms with E-state index in [0.717, 1.165) is 29.8 Å². The molecule has 7 nitrogen and oxygen atoms in total. The molecule has 1 aliphatic rings. The Kier molecular flexibility index (Phi) is 7.31. The second kappa shape index (κ2) is 9.93. The first-order valence-corrected chi connectivity index (χ1v) is 11.2. The highest BCUT2D eigenvalue weighted by Crippen LogP contribution is 2.30. The van der Waals surface area contributed by atoms with Gasteiger partial charge in [-0.05, 0) is 63.6 Å². The molecule has 1 heterocycles. The zero-order valence-electron chi connectivity index (χ0n) is 18.0. The smallest absolute Gasteiger partial charge is 0.350 e. The fourth-order valence-corrected chi connectivity index (χ4v) is 4.67. The Bertz CT molecular complexity index is 939. The Morgan fingerprint density at radius 2 is 2.13 bits per heavy atom. The van der Waals surface area contributed by atoms with E-state index in [4.69, 9.17) is 4.74 Å². The van der Waals surface area contributed by atoms with Crippen molar-refractivity contribution in [2.24, 2.45) is 4.99 Å². The number of esters is 1. The van der Waals surface area contributed by atoms with Gasteiger partial charge in [-0.1, -0.05) is 6.07 Å². The number of fused-ring (bicyclic) bond motifs is 1. The van der Waals surface area contributed by atoms with Crippen molar-refractivity contribution >= 4 is 23.3 Å². The van der Waals surface area contributed by atoms with Gasteiger partial charge >= 0.3 is 5.97 Å². The maximum atomic E-state index is 12.1. The van der Waals surface area contributed by atoms with Crippen LogP contribution in [-0.4, -0.2) is 35.7 Å². The van der Waals surface area contributed by atoms with E-state index in [1.54, 1.807) is 20.0 Å². The van der Waals surface area contributed by atoms with Crippen molar-refractivity contribution in [1.29, 1.82) is 0 Å². The van der Waals surface area contributed by atoms with Gasteiger partial charge in [0.05, 0.1) is 18.3 Å². The van der Waals surface area contributed by atoms with Gasteiger partial charge in [0.1, 0.15) is 15.6 Å². The number of nitrogens with zero attached hydrogens (tertiary/aromatic N) is 2. The molecular formula is C22H30N4O3S. The summed E-state index contributed by atoms with van der Waals surface area (Å²) < 4.78 is 5.10. The first-order chi connectivity index (χ1) is 14.4. The van der Waals surface area contributed by atoms with Crippen molar-refractivity contribution < 1.29 is 14.6 Å². The summed E-state index contributed by atoms with van der Waals surface area (Å²) in [5, 5.41) is 17.8. The van der Waals surface area contributed by atoms with Gasteiger partial charge in [-0.2, -0.15) is 0 Å². The number of carbonyl (C=O) groups is 1. The van der Waals surface area contributed by atoms with Crippen LogP contribution in [0.4, 0.5) is 0 Å². The molecule has 1 aromatic carbocycles. The first kappa shape index (κ1) is 22.1. The zero-order chi connectivity index (χ0) is 21.7. The molecule has 1 atom stereocenters. The van der Waals surface area contributed by atoms with Crippen LogP contribution in [0.1, 0.15) is 69.8 Å². The molecule has 3 N–H and O–H groups in total. The topological polar surface area (TPSA) is 95.8 Å². The highest BCUT2D eigenvalue weighted by Gasteiger charge is 2.21. The van der Waals surface area contributed by atoms with Crippen molar-refractivity contribution in [1.82, 2.24) is 15.6 Å². The highest BCUT2D eigenvalue weighted by atomic mass is 32.1. The number of benzene rings is 1. The molecule has 0 bridgehead atoms. The lowest BCUT2D eigenvalue weighted by molar-refractivity contribution is 0.0531. The van der Waals surface area contributed by atoms with E-state index in [9.17, 15) is 9.90 Å². The van der Waals surface area contributed by atoms with E-state index in [2.05, 4.69) is 20.6 Å². The van der Waals surface area contributed by atoms with Crippen LogP contribution in [0.3, 0.4) is 0 Å². The summed E-state index contributed by atoms with van der Waals surface area (Å²) in [5.74, 6) is 0.597. The number of guanidine groups is 1. The van der Waals surface area contributed by atoms with Crippen LogP contribution in [0.15, 0.2) is 17.1 Å². The maximum absolute atomic E-state index is 12.1. The maximum Gasteiger partial charge on any atom is 0.350 e. The number of hydrogen-bond donors (Lipinski definition) is 3. The third kappa shape index (κ3) is 4.92. The lowest BCUT2D eigenvalue weighted by Gasteiger charge is -2.22. The summed E-state index contributed by atoms with van der Waals surface area (Å²) in [5.41, 5.74) is 4.20. The number of phenols is 1. The molecule has 0 fully saturated rings. The minimum Gasteiger partial charge on any atom is -0.508 e. The number of aliphatic imine (C=N–C) groups is 1. The van der Waals surface area contributed by atoms with E-state index in [-0.39, 0.29) is 12.0 Å². The molecule has 1 unspecified atom stereocenters. The second-order valence-electron chi connectivity index (χ2n) is 7.39. The van der Waals surface area contributed by atoms with Crippen LogP contribution in [0.5, 0.6) is 5.75 Å². The lowest BCUT2D eigenvalue weighted by atomic mass is 9.88. The fraction of sp³-hybridized carbons (Fsp3) is 0.500. The zero-order valence-corrected chi connectivity index (χ0v) is 18.9. The third-order valence-corrected chi connectivity index (χ3v) is 6.60. The number of aromatic nitrogens is 1. The molecular weight excluding hydrogens is 400 g/mol. The number of aryl methyl sites for hydroxylation is 2. The normalized spacial score (nSPS) is 14.7. The average Bonchev–Trinajstić information content (AvgIpc) is 3.14. The van der Waals surface area contributed by atoms with Crippen LogP contribution < -0.4 is 10.6 Å². The standard InChI is InChI=1S/C22H30N4O3S/c1-5-29-21(28)19-13(2)25-20(30-19)14(3)26-22(23-4)24-12-17-16-9-7-6-8-15(16)10-11-18(17)27/h10-11,14,27H,5-9,12H2,1-4H3,(H2,23,24,26). The monoisotopic (exact) mass is 430 g/mol. The van der Waals surface area contributed by atoms with E-state index in [1.165, 1.54) is 28.9 Å². The van der Waals surface area contributed by atoms with Crippen molar-refractivity contribution in [3.63, 3.8) is 0 Å². The van der Waals surface area contributed by atoms with Crippen LogP contribution in [0, 0.1) is 6.92 Å². The second-order valence-corrected chi connectivity index (χ2v) is 8.42. The fourth-order valence-electron chi connectivity index (χ4n) is 3.71. The summed E-state index contributed by atoms with van der Waals surface area (Å²) in [6.07, 6.45) is 4.42. The van der Waals surface area contributed by atoms with Crippen molar-refractivity contribution in [3.05, 3.63) is 44.4 Å². The molecule has 1 aliphatic carbocycles. The van der Waals surface area contributed by atoms with E-state index in [0.29, 0.717) is 35.4 Å². The van der Waals surface area contributed by atoms with Crippen LogP contribution >= 0.6 is 11.3 Å². The first-order valence-electron chi connectivity index (χ1n) is 10.4. The summed E-state index contributed by atoms with van der Waals surface area (Å²) in [4.78, 5) is 21.4.